The van der Waals surface area contributed by atoms with Gasteiger partial charge in [0.15, 0.2) is 0 Å². The molecule has 6 heteroatoms. The smallest absolute Gasteiger partial charge is 0.295 e. The lowest BCUT2D eigenvalue weighted by Gasteiger charge is -2.07. The van der Waals surface area contributed by atoms with E-state index >= 15 is 0 Å². The molecule has 0 aliphatic carbocycles. The number of aromatic nitrogens is 3. The number of hydrogen-bond donors (Lipinski definition) is 1. The Morgan fingerprint density at radius 2 is 1.79 bits per heavy atom. The largest absolute Gasteiger partial charge is 0.316 e. The fraction of sp³-hybridized carbons (Fsp3) is 0.167. The molecule has 0 saturated heterocycles. The van der Waals surface area contributed by atoms with Crippen LogP contribution in [-0.4, -0.2) is 20.3 Å². The number of rotatable bonds is 3. The van der Waals surface area contributed by atoms with E-state index in [1.54, 1.807) is 30.8 Å². The predicted molar refractivity (Wildman–Crippen MR) is 92.7 cm³/mol. The Labute approximate surface area is 139 Å². The van der Waals surface area contributed by atoms with Gasteiger partial charge in [-0.05, 0) is 38.1 Å². The summed E-state index contributed by atoms with van der Waals surface area (Å²) in [7, 11) is 1.78. The molecule has 24 heavy (non-hydrogen) atoms. The van der Waals surface area contributed by atoms with Crippen molar-refractivity contribution >= 4 is 11.6 Å². The third kappa shape index (κ3) is 2.74. The summed E-state index contributed by atoms with van der Waals surface area (Å²) in [4.78, 5) is 29.2. The highest BCUT2D eigenvalue weighted by molar-refractivity contribution is 6.04. The molecule has 0 radical (unpaired) electrons. The molecular formula is C18H18N4O2. The van der Waals surface area contributed by atoms with Gasteiger partial charge in [-0.15, -0.1) is 0 Å². The predicted octanol–water partition coefficient (Wildman–Crippen LogP) is 2.44. The first-order valence-electron chi connectivity index (χ1n) is 7.57. The van der Waals surface area contributed by atoms with Crippen LogP contribution in [0.15, 0.2) is 53.5 Å². The maximum absolute atomic E-state index is 12.7. The average molecular weight is 322 g/mol. The first-order valence-corrected chi connectivity index (χ1v) is 7.57. The van der Waals surface area contributed by atoms with Gasteiger partial charge in [-0.25, -0.2) is 4.68 Å². The number of hydrogen-bond acceptors (Lipinski definition) is 3. The lowest BCUT2D eigenvalue weighted by atomic mass is 10.2. The van der Waals surface area contributed by atoms with Crippen molar-refractivity contribution in [2.75, 3.05) is 5.32 Å². The van der Waals surface area contributed by atoms with Crippen LogP contribution in [0.5, 0.6) is 0 Å². The van der Waals surface area contributed by atoms with Gasteiger partial charge in [-0.3, -0.25) is 19.3 Å². The Morgan fingerprint density at radius 1 is 1.08 bits per heavy atom. The lowest BCUT2D eigenvalue weighted by molar-refractivity contribution is 0.102. The summed E-state index contributed by atoms with van der Waals surface area (Å²) in [5.74, 6) is -0.353. The van der Waals surface area contributed by atoms with Crippen LogP contribution in [0.1, 0.15) is 21.7 Å². The number of carbonyl (C=O) groups excluding carboxylic acids is 1. The van der Waals surface area contributed by atoms with E-state index in [0.29, 0.717) is 11.3 Å². The number of aryl methyl sites for hydroxylation is 1. The quantitative estimate of drug-likeness (QED) is 0.805. The normalized spacial score (nSPS) is 10.6. The zero-order valence-electron chi connectivity index (χ0n) is 13.8. The summed E-state index contributed by atoms with van der Waals surface area (Å²) in [6.07, 6.45) is 1.50. The van der Waals surface area contributed by atoms with E-state index in [4.69, 9.17) is 0 Å². The minimum atomic E-state index is -0.353. The summed E-state index contributed by atoms with van der Waals surface area (Å²) in [5.41, 5.74) is 2.66. The Kier molecular flexibility index (Phi) is 4.04. The average Bonchev–Trinajstić information content (AvgIpc) is 2.80. The Balaban J connectivity index is 1.99. The second kappa shape index (κ2) is 6.16. The number of nitrogens with one attached hydrogen (secondary N) is 1. The zero-order chi connectivity index (χ0) is 17.3. The molecule has 0 fully saturated rings. The van der Waals surface area contributed by atoms with Crippen LogP contribution in [0.3, 0.4) is 0 Å². The number of para-hydroxylation sites is 1. The standard InChI is InChI=1S/C18H18N4O2/c1-12-9-10-14(11-19-12)17(23)20-16-13(2)21(3)22(18(16)24)15-7-5-4-6-8-15/h4-11H,1-3H3,(H,20,23). The molecule has 1 N–H and O–H groups in total. The first kappa shape index (κ1) is 15.7. The van der Waals surface area contributed by atoms with Crippen LogP contribution in [-0.2, 0) is 7.05 Å². The topological polar surface area (TPSA) is 68.9 Å². The third-order valence-electron chi connectivity index (χ3n) is 3.97. The van der Waals surface area contributed by atoms with Crippen molar-refractivity contribution in [3.8, 4) is 5.69 Å². The van der Waals surface area contributed by atoms with Crippen molar-refractivity contribution < 1.29 is 4.79 Å². The van der Waals surface area contributed by atoms with Crippen LogP contribution in [0, 0.1) is 13.8 Å². The molecular weight excluding hydrogens is 304 g/mol. The number of benzene rings is 1. The van der Waals surface area contributed by atoms with Gasteiger partial charge in [0.1, 0.15) is 5.69 Å². The Bertz CT molecular complexity index is 938. The molecule has 3 rings (SSSR count). The molecule has 1 amide bonds. The fourth-order valence-corrected chi connectivity index (χ4v) is 2.50. The van der Waals surface area contributed by atoms with Crippen LogP contribution < -0.4 is 10.9 Å². The third-order valence-corrected chi connectivity index (χ3v) is 3.97. The maximum Gasteiger partial charge on any atom is 0.295 e. The number of amides is 1. The molecule has 0 spiro atoms. The minimum Gasteiger partial charge on any atom is -0.316 e. The molecule has 0 atom stereocenters. The first-order chi connectivity index (χ1) is 11.5. The van der Waals surface area contributed by atoms with Crippen molar-refractivity contribution in [3.05, 3.63) is 76.0 Å². The van der Waals surface area contributed by atoms with Crippen molar-refractivity contribution in [1.29, 1.82) is 0 Å². The number of nitrogens with zero attached hydrogens (tertiary/aromatic N) is 3. The molecule has 122 valence electrons. The Hall–Kier alpha value is -3.15. The molecule has 0 bridgehead atoms. The SMILES string of the molecule is Cc1ccc(C(=O)Nc2c(C)n(C)n(-c3ccccc3)c2=O)cn1. The van der Waals surface area contributed by atoms with Gasteiger partial charge in [-0.1, -0.05) is 18.2 Å². The maximum atomic E-state index is 12.7. The van der Waals surface area contributed by atoms with Gasteiger partial charge in [0.25, 0.3) is 11.5 Å². The molecule has 3 aromatic rings. The van der Waals surface area contributed by atoms with E-state index in [2.05, 4.69) is 10.3 Å². The van der Waals surface area contributed by atoms with Gasteiger partial charge in [0, 0.05) is 18.9 Å². The van der Waals surface area contributed by atoms with E-state index in [1.807, 2.05) is 37.3 Å². The van der Waals surface area contributed by atoms with Gasteiger partial charge >= 0.3 is 0 Å². The molecule has 0 aliphatic rings. The van der Waals surface area contributed by atoms with Crippen molar-refractivity contribution in [3.63, 3.8) is 0 Å². The summed E-state index contributed by atoms with van der Waals surface area (Å²) < 4.78 is 3.25. The van der Waals surface area contributed by atoms with E-state index in [9.17, 15) is 9.59 Å². The minimum absolute atomic E-state index is 0.269. The van der Waals surface area contributed by atoms with Gasteiger partial charge in [-0.2, -0.15) is 0 Å². The second-order valence-corrected chi connectivity index (χ2v) is 5.58. The zero-order valence-corrected chi connectivity index (χ0v) is 13.8. The van der Waals surface area contributed by atoms with E-state index in [0.717, 1.165) is 11.4 Å². The molecule has 6 nitrogen and oxygen atoms in total. The molecule has 1 aromatic carbocycles. The van der Waals surface area contributed by atoms with Crippen LogP contribution >= 0.6 is 0 Å². The molecule has 0 saturated carbocycles. The summed E-state index contributed by atoms with van der Waals surface area (Å²) in [5, 5.41) is 2.71. The highest BCUT2D eigenvalue weighted by atomic mass is 16.2. The fourth-order valence-electron chi connectivity index (χ4n) is 2.50. The van der Waals surface area contributed by atoms with Crippen LogP contribution in [0.4, 0.5) is 5.69 Å². The summed E-state index contributed by atoms with van der Waals surface area (Å²) in [6.45, 7) is 3.64. The molecule has 2 heterocycles. The van der Waals surface area contributed by atoms with Crippen molar-refractivity contribution in [2.45, 2.75) is 13.8 Å². The van der Waals surface area contributed by atoms with Crippen LogP contribution in [0.25, 0.3) is 5.69 Å². The van der Waals surface area contributed by atoms with Crippen LogP contribution in [0.2, 0.25) is 0 Å². The number of anilines is 1. The second-order valence-electron chi connectivity index (χ2n) is 5.58. The Morgan fingerprint density at radius 3 is 2.42 bits per heavy atom. The highest BCUT2D eigenvalue weighted by Gasteiger charge is 2.18. The monoisotopic (exact) mass is 322 g/mol. The summed E-state index contributed by atoms with van der Waals surface area (Å²) in [6, 6.07) is 12.7. The van der Waals surface area contributed by atoms with Gasteiger partial charge in [0.05, 0.1) is 16.9 Å². The van der Waals surface area contributed by atoms with Gasteiger partial charge < -0.3 is 5.32 Å². The van der Waals surface area contributed by atoms with Crippen molar-refractivity contribution in [1.82, 2.24) is 14.3 Å². The van der Waals surface area contributed by atoms with Crippen molar-refractivity contribution in [2.24, 2.45) is 7.05 Å². The molecule has 0 unspecified atom stereocenters. The van der Waals surface area contributed by atoms with E-state index < -0.39 is 0 Å². The van der Waals surface area contributed by atoms with E-state index in [1.165, 1.54) is 10.9 Å². The highest BCUT2D eigenvalue weighted by Crippen LogP contribution is 2.15. The number of pyridine rings is 1. The number of carbonyl (C=O) groups is 1. The van der Waals surface area contributed by atoms with Gasteiger partial charge in [0.2, 0.25) is 0 Å². The lowest BCUT2D eigenvalue weighted by Crippen LogP contribution is -2.23. The summed E-state index contributed by atoms with van der Waals surface area (Å²) >= 11 is 0. The van der Waals surface area contributed by atoms with E-state index in [-0.39, 0.29) is 17.2 Å². The molecule has 0 aliphatic heterocycles. The molecule has 2 aromatic heterocycles.